The van der Waals surface area contributed by atoms with Crippen molar-refractivity contribution in [2.75, 3.05) is 53.9 Å². The third-order valence-corrected chi connectivity index (χ3v) is 5.23. The van der Waals surface area contributed by atoms with Gasteiger partial charge in [0.25, 0.3) is 5.91 Å². The number of carbonyl (C=O) groups excluding carboxylic acids is 1. The van der Waals surface area contributed by atoms with Crippen molar-refractivity contribution in [2.24, 2.45) is 5.92 Å². The number of amides is 1. The number of ether oxygens (including phenoxy) is 1. The molecule has 132 valence electrons. The Kier molecular flexibility index (Phi) is 5.48. The lowest BCUT2D eigenvalue weighted by molar-refractivity contribution is -0.148. The van der Waals surface area contributed by atoms with Gasteiger partial charge in [0.1, 0.15) is 6.10 Å². The average molecular weight is 332 g/mol. The normalized spacial score (nSPS) is 28.9. The minimum atomic E-state index is -0.329. The summed E-state index contributed by atoms with van der Waals surface area (Å²) in [6.07, 6.45) is 4.52. The Morgan fingerprint density at radius 1 is 1.42 bits per heavy atom. The summed E-state index contributed by atoms with van der Waals surface area (Å²) in [4.78, 5) is 23.3. The molecule has 0 saturated carbocycles. The van der Waals surface area contributed by atoms with Gasteiger partial charge in [0.2, 0.25) is 0 Å². The van der Waals surface area contributed by atoms with Crippen molar-refractivity contribution < 1.29 is 9.53 Å². The minimum absolute atomic E-state index is 0.0982. The predicted octanol–water partition coefficient (Wildman–Crippen LogP) is 0.863. The van der Waals surface area contributed by atoms with Gasteiger partial charge in [-0.3, -0.25) is 14.7 Å². The van der Waals surface area contributed by atoms with Crippen LogP contribution in [0.25, 0.3) is 0 Å². The number of morpholine rings is 1. The van der Waals surface area contributed by atoms with Crippen molar-refractivity contribution in [3.05, 3.63) is 30.1 Å². The van der Waals surface area contributed by atoms with E-state index in [9.17, 15) is 4.79 Å². The summed E-state index contributed by atoms with van der Waals surface area (Å²) in [6.45, 7) is 4.01. The van der Waals surface area contributed by atoms with Gasteiger partial charge in [0.05, 0.1) is 6.61 Å². The van der Waals surface area contributed by atoms with Gasteiger partial charge in [-0.25, -0.2) is 0 Å². The zero-order valence-electron chi connectivity index (χ0n) is 14.9. The van der Waals surface area contributed by atoms with Crippen LogP contribution >= 0.6 is 0 Å². The van der Waals surface area contributed by atoms with E-state index in [-0.39, 0.29) is 12.0 Å². The Hall–Kier alpha value is -1.50. The van der Waals surface area contributed by atoms with Gasteiger partial charge in [-0.05, 0) is 44.6 Å². The Morgan fingerprint density at radius 3 is 2.96 bits per heavy atom. The maximum absolute atomic E-state index is 12.7. The molecule has 6 nitrogen and oxygen atoms in total. The van der Waals surface area contributed by atoms with E-state index in [2.05, 4.69) is 27.9 Å². The van der Waals surface area contributed by atoms with Crippen molar-refractivity contribution >= 4 is 5.91 Å². The van der Waals surface area contributed by atoms with E-state index < -0.39 is 0 Å². The maximum atomic E-state index is 12.7. The lowest BCUT2D eigenvalue weighted by Gasteiger charge is -2.33. The van der Waals surface area contributed by atoms with E-state index in [1.54, 1.807) is 6.20 Å². The molecule has 24 heavy (non-hydrogen) atoms. The molecule has 1 aromatic heterocycles. The van der Waals surface area contributed by atoms with Crippen LogP contribution in [-0.2, 0) is 9.53 Å². The monoisotopic (exact) mass is 332 g/mol. The first-order chi connectivity index (χ1) is 11.6. The van der Waals surface area contributed by atoms with Crippen LogP contribution in [-0.4, -0.2) is 85.6 Å². The SMILES string of the molecule is CN1CCOC(C(=O)N(C)C[C@@H]2CCN(C)[C@H]2c2cccnc2)C1. The average Bonchev–Trinajstić information content (AvgIpc) is 2.95. The van der Waals surface area contributed by atoms with Crippen molar-refractivity contribution in [1.29, 1.82) is 0 Å². The van der Waals surface area contributed by atoms with Crippen molar-refractivity contribution in [3.63, 3.8) is 0 Å². The third-order valence-electron chi connectivity index (χ3n) is 5.23. The largest absolute Gasteiger partial charge is 0.366 e. The Morgan fingerprint density at radius 2 is 2.25 bits per heavy atom. The van der Waals surface area contributed by atoms with Crippen LogP contribution in [0.5, 0.6) is 0 Å². The van der Waals surface area contributed by atoms with Crippen LogP contribution < -0.4 is 0 Å². The minimum Gasteiger partial charge on any atom is -0.366 e. The van der Waals surface area contributed by atoms with Gasteiger partial charge in [-0.2, -0.15) is 0 Å². The topological polar surface area (TPSA) is 48.9 Å². The molecule has 0 radical (unpaired) electrons. The first kappa shape index (κ1) is 17.3. The maximum Gasteiger partial charge on any atom is 0.252 e. The fourth-order valence-corrected chi connectivity index (χ4v) is 3.91. The van der Waals surface area contributed by atoms with E-state index in [0.29, 0.717) is 25.1 Å². The van der Waals surface area contributed by atoms with Crippen LogP contribution in [0.3, 0.4) is 0 Å². The van der Waals surface area contributed by atoms with Crippen molar-refractivity contribution in [3.8, 4) is 0 Å². The molecule has 2 saturated heterocycles. The number of rotatable bonds is 4. The highest BCUT2D eigenvalue weighted by Gasteiger charge is 2.36. The standard InChI is InChI=1S/C18H28N4O2/c1-20-9-10-24-16(13-20)18(23)22(3)12-15-6-8-21(2)17(15)14-5-4-7-19-11-14/h4-5,7,11,15-17H,6,8-10,12-13H2,1-3H3/t15-,16?,17-/m0/s1. The van der Waals surface area contributed by atoms with Crippen LogP contribution in [0.2, 0.25) is 0 Å². The molecule has 3 rings (SSSR count). The van der Waals surface area contributed by atoms with E-state index in [0.717, 1.165) is 26.1 Å². The molecule has 2 aliphatic heterocycles. The molecule has 0 N–H and O–H groups in total. The number of carbonyl (C=O) groups is 1. The number of pyridine rings is 1. The van der Waals surface area contributed by atoms with Gasteiger partial charge >= 0.3 is 0 Å². The summed E-state index contributed by atoms with van der Waals surface area (Å²) in [5.74, 6) is 0.524. The fourth-order valence-electron chi connectivity index (χ4n) is 3.91. The Bertz CT molecular complexity index is 553. The van der Waals surface area contributed by atoms with Crippen molar-refractivity contribution in [1.82, 2.24) is 19.7 Å². The van der Waals surface area contributed by atoms with Gasteiger partial charge in [-0.1, -0.05) is 6.07 Å². The molecule has 3 atom stereocenters. The molecular formula is C18H28N4O2. The smallest absolute Gasteiger partial charge is 0.252 e. The Labute approximate surface area is 144 Å². The molecule has 0 aromatic carbocycles. The second-order valence-corrected chi connectivity index (χ2v) is 7.10. The summed E-state index contributed by atoms with van der Waals surface area (Å²) in [5, 5.41) is 0. The fraction of sp³-hybridized carbons (Fsp3) is 0.667. The zero-order valence-corrected chi connectivity index (χ0v) is 14.9. The lowest BCUT2D eigenvalue weighted by atomic mass is 9.94. The number of likely N-dealkylation sites (tertiary alicyclic amines) is 1. The Balaban J connectivity index is 1.64. The number of likely N-dealkylation sites (N-methyl/N-ethyl adjacent to an activating group) is 2. The molecule has 2 aliphatic rings. The van der Waals surface area contributed by atoms with E-state index >= 15 is 0 Å². The lowest BCUT2D eigenvalue weighted by Crippen LogP contribution is -2.49. The number of hydrogen-bond acceptors (Lipinski definition) is 5. The molecule has 0 bridgehead atoms. The summed E-state index contributed by atoms with van der Waals surface area (Å²) in [5.41, 5.74) is 1.23. The summed E-state index contributed by atoms with van der Waals surface area (Å²) in [7, 11) is 6.09. The summed E-state index contributed by atoms with van der Waals surface area (Å²) < 4.78 is 5.68. The first-order valence-electron chi connectivity index (χ1n) is 8.71. The van der Waals surface area contributed by atoms with Crippen LogP contribution in [0.1, 0.15) is 18.0 Å². The quantitative estimate of drug-likeness (QED) is 0.819. The van der Waals surface area contributed by atoms with Gasteiger partial charge in [0, 0.05) is 45.1 Å². The van der Waals surface area contributed by atoms with E-state index in [1.165, 1.54) is 5.56 Å². The molecule has 6 heteroatoms. The van der Waals surface area contributed by atoms with E-state index in [4.69, 9.17) is 4.74 Å². The second-order valence-electron chi connectivity index (χ2n) is 7.10. The van der Waals surface area contributed by atoms with Gasteiger partial charge in [0.15, 0.2) is 0 Å². The number of hydrogen-bond donors (Lipinski definition) is 0. The number of aromatic nitrogens is 1. The van der Waals surface area contributed by atoms with Crippen LogP contribution in [0, 0.1) is 5.92 Å². The molecule has 2 fully saturated rings. The number of nitrogens with zero attached hydrogens (tertiary/aromatic N) is 4. The van der Waals surface area contributed by atoms with Gasteiger partial charge < -0.3 is 14.5 Å². The molecule has 0 spiro atoms. The molecule has 1 amide bonds. The van der Waals surface area contributed by atoms with Crippen LogP contribution in [0.4, 0.5) is 0 Å². The molecule has 0 aliphatic carbocycles. The molecule has 1 unspecified atom stereocenters. The van der Waals surface area contributed by atoms with Gasteiger partial charge in [-0.15, -0.1) is 0 Å². The highest BCUT2D eigenvalue weighted by molar-refractivity contribution is 5.81. The van der Waals surface area contributed by atoms with Crippen molar-refractivity contribution in [2.45, 2.75) is 18.6 Å². The van der Waals surface area contributed by atoms with E-state index in [1.807, 2.05) is 31.3 Å². The molecular weight excluding hydrogens is 304 g/mol. The van der Waals surface area contributed by atoms with Crippen LogP contribution in [0.15, 0.2) is 24.5 Å². The molecule has 3 heterocycles. The second kappa shape index (κ2) is 7.59. The highest BCUT2D eigenvalue weighted by Crippen LogP contribution is 2.36. The highest BCUT2D eigenvalue weighted by atomic mass is 16.5. The predicted molar refractivity (Wildman–Crippen MR) is 92.6 cm³/mol. The zero-order chi connectivity index (χ0) is 17.1. The third kappa shape index (κ3) is 3.77. The molecule has 1 aromatic rings. The summed E-state index contributed by atoms with van der Waals surface area (Å²) in [6, 6.07) is 4.44. The first-order valence-corrected chi connectivity index (χ1v) is 8.71. The summed E-state index contributed by atoms with van der Waals surface area (Å²) >= 11 is 0.